The fourth-order valence-corrected chi connectivity index (χ4v) is 24.3. The van der Waals surface area contributed by atoms with Crippen LogP contribution in [-0.2, 0) is 40.8 Å². The highest BCUT2D eigenvalue weighted by Crippen LogP contribution is 2.30. The summed E-state index contributed by atoms with van der Waals surface area (Å²) in [5, 5.41) is 0. The summed E-state index contributed by atoms with van der Waals surface area (Å²) in [6.07, 6.45) is 3.21. The molecule has 2 rings (SSSR count). The second-order valence-electron chi connectivity index (χ2n) is 12.6. The highest BCUT2D eigenvalue weighted by atomic mass is 28.5. The van der Waals surface area contributed by atoms with Crippen molar-refractivity contribution in [3.8, 4) is 0 Å². The molecular formula is C26H54O9Si4. The molecule has 0 N–H and O–H groups in total. The molecule has 0 radical (unpaired) electrons. The van der Waals surface area contributed by atoms with E-state index in [0.717, 1.165) is 57.4 Å². The topological polar surface area (TPSA) is 97.5 Å². The normalized spacial score (nSPS) is 20.9. The second-order valence-corrected chi connectivity index (χ2v) is 28.7. The van der Waals surface area contributed by atoms with Gasteiger partial charge in [-0.25, -0.2) is 4.79 Å². The fraction of sp³-hybridized carbons (Fsp3) is 0.885. The molecule has 0 spiro atoms. The van der Waals surface area contributed by atoms with Crippen molar-refractivity contribution in [2.24, 2.45) is 0 Å². The lowest BCUT2D eigenvalue weighted by molar-refractivity contribution is -0.138. The average molecular weight is 623 g/mol. The molecule has 2 aliphatic rings. The molecule has 0 aromatic carbocycles. The van der Waals surface area contributed by atoms with E-state index in [1.54, 1.807) is 6.92 Å². The Labute approximate surface area is 240 Å². The number of hydrogen-bond acceptors (Lipinski definition) is 9. The summed E-state index contributed by atoms with van der Waals surface area (Å²) >= 11 is 0. The Bertz CT molecular complexity index is 773. The zero-order chi connectivity index (χ0) is 29.2. The van der Waals surface area contributed by atoms with Crippen molar-refractivity contribution in [1.82, 2.24) is 0 Å². The third kappa shape index (κ3) is 16.7. The van der Waals surface area contributed by atoms with Crippen LogP contribution in [0.25, 0.3) is 0 Å². The van der Waals surface area contributed by atoms with Crippen LogP contribution in [0, 0.1) is 0 Å². The van der Waals surface area contributed by atoms with E-state index in [0.29, 0.717) is 44.0 Å². The Morgan fingerprint density at radius 2 is 1.21 bits per heavy atom. The van der Waals surface area contributed by atoms with Crippen molar-refractivity contribution in [2.75, 3.05) is 46.2 Å². The van der Waals surface area contributed by atoms with Crippen LogP contribution < -0.4 is 0 Å². The molecule has 0 aromatic rings. The molecule has 2 saturated heterocycles. The third-order valence-corrected chi connectivity index (χ3v) is 22.6. The van der Waals surface area contributed by atoms with Gasteiger partial charge in [-0.2, -0.15) is 0 Å². The van der Waals surface area contributed by atoms with Crippen molar-refractivity contribution in [3.63, 3.8) is 0 Å². The van der Waals surface area contributed by atoms with E-state index in [4.69, 9.17) is 36.0 Å². The molecule has 2 heterocycles. The molecule has 0 saturated carbocycles. The zero-order valence-electron chi connectivity index (χ0n) is 25.7. The molecule has 2 fully saturated rings. The lowest BCUT2D eigenvalue weighted by Gasteiger charge is -2.42. The van der Waals surface area contributed by atoms with Gasteiger partial charge in [-0.05, 0) is 90.1 Å². The van der Waals surface area contributed by atoms with E-state index in [9.17, 15) is 4.79 Å². The van der Waals surface area contributed by atoms with Gasteiger partial charge < -0.3 is 36.0 Å². The van der Waals surface area contributed by atoms with Gasteiger partial charge in [0.2, 0.25) is 0 Å². The molecule has 3 atom stereocenters. The van der Waals surface area contributed by atoms with E-state index >= 15 is 0 Å². The van der Waals surface area contributed by atoms with Crippen LogP contribution in [-0.4, -0.2) is 98.2 Å². The maximum Gasteiger partial charge on any atom is 0.333 e. The van der Waals surface area contributed by atoms with Crippen LogP contribution >= 0.6 is 0 Å². The van der Waals surface area contributed by atoms with E-state index in [2.05, 4.69) is 52.4 Å². The molecule has 9 nitrogen and oxygen atoms in total. The molecule has 2 aliphatic heterocycles. The van der Waals surface area contributed by atoms with Crippen LogP contribution in [0.2, 0.25) is 64.0 Å². The highest BCUT2D eigenvalue weighted by Gasteiger charge is 2.45. The Balaban J connectivity index is 1.91. The average Bonchev–Trinajstić information content (AvgIpc) is 3.69. The molecule has 13 heteroatoms. The Kier molecular flexibility index (Phi) is 14.2. The quantitative estimate of drug-likeness (QED) is 0.0492. The summed E-state index contributed by atoms with van der Waals surface area (Å²) < 4.78 is 48.0. The van der Waals surface area contributed by atoms with E-state index in [1.165, 1.54) is 0 Å². The summed E-state index contributed by atoms with van der Waals surface area (Å²) in [6, 6.07) is 2.74. The predicted octanol–water partition coefficient (Wildman–Crippen LogP) is 5.34. The van der Waals surface area contributed by atoms with Crippen molar-refractivity contribution >= 4 is 39.7 Å². The summed E-state index contributed by atoms with van der Waals surface area (Å²) in [5.41, 5.74) is 0.409. The Morgan fingerprint density at radius 1 is 0.744 bits per heavy atom. The molecule has 0 aromatic heterocycles. The first-order chi connectivity index (χ1) is 18.1. The second kappa shape index (κ2) is 15.9. The van der Waals surface area contributed by atoms with Gasteiger partial charge in [-0.3, -0.25) is 0 Å². The lowest BCUT2D eigenvalue weighted by atomic mass is 10.4. The van der Waals surface area contributed by atoms with Crippen LogP contribution in [0.3, 0.4) is 0 Å². The molecule has 39 heavy (non-hydrogen) atoms. The number of epoxide rings is 2. The minimum absolute atomic E-state index is 0.291. The molecule has 3 unspecified atom stereocenters. The number of hydrogen-bond donors (Lipinski definition) is 0. The summed E-state index contributed by atoms with van der Waals surface area (Å²) in [4.78, 5) is 11.9. The lowest BCUT2D eigenvalue weighted by Crippen LogP contribution is -2.57. The molecular weight excluding hydrogens is 569 g/mol. The van der Waals surface area contributed by atoms with Gasteiger partial charge in [-0.15, -0.1) is 0 Å². The number of rotatable bonds is 23. The predicted molar refractivity (Wildman–Crippen MR) is 162 cm³/mol. The van der Waals surface area contributed by atoms with Gasteiger partial charge in [0.1, 0.15) is 12.2 Å². The first-order valence-corrected chi connectivity index (χ1v) is 26.0. The minimum atomic E-state index is -2.64. The summed E-state index contributed by atoms with van der Waals surface area (Å²) in [6.45, 7) is 25.6. The van der Waals surface area contributed by atoms with Crippen LogP contribution in [0.1, 0.15) is 26.2 Å². The van der Waals surface area contributed by atoms with Crippen molar-refractivity contribution in [3.05, 3.63) is 12.2 Å². The third-order valence-electron chi connectivity index (χ3n) is 6.38. The molecule has 0 aliphatic carbocycles. The van der Waals surface area contributed by atoms with Gasteiger partial charge in [0.15, 0.2) is 16.6 Å². The summed E-state index contributed by atoms with van der Waals surface area (Å²) in [7, 11) is -9.14. The van der Waals surface area contributed by atoms with Gasteiger partial charge in [-0.1, -0.05) is 6.58 Å². The number of carbonyl (C=O) groups is 1. The van der Waals surface area contributed by atoms with Gasteiger partial charge in [0, 0.05) is 18.8 Å². The smallest absolute Gasteiger partial charge is 0.333 e. The van der Waals surface area contributed by atoms with E-state index in [-0.39, 0.29) is 5.97 Å². The van der Waals surface area contributed by atoms with Gasteiger partial charge in [0.05, 0.1) is 33.0 Å². The monoisotopic (exact) mass is 622 g/mol. The van der Waals surface area contributed by atoms with Crippen LogP contribution in [0.5, 0.6) is 0 Å². The highest BCUT2D eigenvalue weighted by molar-refractivity contribution is 6.89. The fourth-order valence-electron chi connectivity index (χ4n) is 4.65. The molecule has 228 valence electrons. The Morgan fingerprint density at radius 3 is 1.67 bits per heavy atom. The van der Waals surface area contributed by atoms with Gasteiger partial charge in [0.25, 0.3) is 0 Å². The standard InChI is InChI=1S/C26H54O9Si4/c1-23(2)26(27)30-15-12-18-39(9,34-37(5,6)17-11-14-29-20-25-22-32-25)35-38(7,8)33-36(3,4)16-10-13-28-19-24-21-31-24/h24-25H,1,10-22H2,2-9H3. The largest absolute Gasteiger partial charge is 0.462 e. The SMILES string of the molecule is C=C(C)C(=O)OCCC[Si](C)(O[Si](C)(C)CCCOCC1CO1)O[Si](C)(C)O[Si](C)(C)CCCOCC1CO1. The number of ether oxygens (including phenoxy) is 5. The van der Waals surface area contributed by atoms with E-state index in [1.807, 2.05) is 0 Å². The minimum Gasteiger partial charge on any atom is -0.462 e. The van der Waals surface area contributed by atoms with Crippen molar-refractivity contribution < 1.29 is 40.8 Å². The van der Waals surface area contributed by atoms with Crippen molar-refractivity contribution in [2.45, 2.75) is 102 Å². The summed E-state index contributed by atoms with van der Waals surface area (Å²) in [5.74, 6) is -0.356. The maximum absolute atomic E-state index is 11.9. The van der Waals surface area contributed by atoms with Crippen LogP contribution in [0.15, 0.2) is 12.2 Å². The van der Waals surface area contributed by atoms with Crippen LogP contribution in [0.4, 0.5) is 0 Å². The number of carbonyl (C=O) groups excluding carboxylic acids is 1. The van der Waals surface area contributed by atoms with E-state index < -0.39 is 33.8 Å². The molecule has 0 bridgehead atoms. The zero-order valence-corrected chi connectivity index (χ0v) is 29.7. The van der Waals surface area contributed by atoms with Crippen molar-refractivity contribution in [1.29, 1.82) is 0 Å². The Hall–Kier alpha value is -0.202. The maximum atomic E-state index is 11.9. The van der Waals surface area contributed by atoms with Gasteiger partial charge >= 0.3 is 23.1 Å². The first kappa shape index (κ1) is 35.0. The first-order valence-electron chi connectivity index (χ1n) is 14.4. The molecule has 0 amide bonds. The number of esters is 1.